The highest BCUT2D eigenvalue weighted by atomic mass is 79.9. The molecule has 17 heavy (non-hydrogen) atoms. The summed E-state index contributed by atoms with van der Waals surface area (Å²) in [5.74, 6) is 0.737. The van der Waals surface area contributed by atoms with Crippen molar-refractivity contribution in [2.45, 2.75) is 18.2 Å². The van der Waals surface area contributed by atoms with Gasteiger partial charge in [0.15, 0.2) is 11.5 Å². The molecule has 0 fully saturated rings. The van der Waals surface area contributed by atoms with Crippen LogP contribution in [0.3, 0.4) is 0 Å². The van der Waals surface area contributed by atoms with Gasteiger partial charge >= 0.3 is 5.97 Å². The molecular formula is C12H14Br2O3. The Labute approximate surface area is 118 Å². The minimum Gasteiger partial charge on any atom is -0.493 e. The van der Waals surface area contributed by atoms with Crippen molar-refractivity contribution in [1.82, 2.24) is 0 Å². The van der Waals surface area contributed by atoms with Crippen LogP contribution in [-0.2, 0) is 11.2 Å². The fraction of sp³-hybridized carbons (Fsp3) is 0.417. The molecule has 1 aromatic rings. The number of carbonyl (C=O) groups is 1. The van der Waals surface area contributed by atoms with E-state index in [1.54, 1.807) is 13.2 Å². The van der Waals surface area contributed by atoms with Crippen LogP contribution >= 0.6 is 31.9 Å². The summed E-state index contributed by atoms with van der Waals surface area (Å²) in [6.07, 6.45) is 0.755. The SMILES string of the molecule is COc1cccc(CC(Br)CBr)c1OC(C)=O. The van der Waals surface area contributed by atoms with Gasteiger partial charge in [-0.1, -0.05) is 44.0 Å². The lowest BCUT2D eigenvalue weighted by Crippen LogP contribution is -2.09. The summed E-state index contributed by atoms with van der Waals surface area (Å²) in [7, 11) is 1.56. The Hall–Kier alpha value is -0.550. The molecule has 0 radical (unpaired) electrons. The van der Waals surface area contributed by atoms with E-state index in [2.05, 4.69) is 31.9 Å². The number of rotatable bonds is 5. The maximum Gasteiger partial charge on any atom is 0.308 e. The average molecular weight is 366 g/mol. The lowest BCUT2D eigenvalue weighted by atomic mass is 10.1. The Balaban J connectivity index is 3.05. The molecule has 0 N–H and O–H groups in total. The second-order valence-electron chi connectivity index (χ2n) is 3.50. The fourth-order valence-electron chi connectivity index (χ4n) is 1.44. The van der Waals surface area contributed by atoms with Gasteiger partial charge in [-0.3, -0.25) is 4.79 Å². The van der Waals surface area contributed by atoms with E-state index in [1.807, 2.05) is 12.1 Å². The molecular weight excluding hydrogens is 352 g/mol. The molecule has 0 saturated carbocycles. The molecule has 1 atom stereocenters. The lowest BCUT2D eigenvalue weighted by molar-refractivity contribution is -0.132. The zero-order valence-electron chi connectivity index (χ0n) is 9.70. The van der Waals surface area contributed by atoms with Crippen molar-refractivity contribution < 1.29 is 14.3 Å². The molecule has 0 saturated heterocycles. The Morgan fingerprint density at radius 1 is 1.47 bits per heavy atom. The summed E-state index contributed by atoms with van der Waals surface area (Å²) in [6, 6.07) is 5.59. The van der Waals surface area contributed by atoms with Crippen LogP contribution in [0.1, 0.15) is 12.5 Å². The topological polar surface area (TPSA) is 35.5 Å². The van der Waals surface area contributed by atoms with Gasteiger partial charge in [-0.2, -0.15) is 0 Å². The third kappa shape index (κ3) is 4.32. The van der Waals surface area contributed by atoms with Crippen LogP contribution in [0.5, 0.6) is 11.5 Å². The maximum atomic E-state index is 11.1. The first-order valence-electron chi connectivity index (χ1n) is 5.12. The van der Waals surface area contributed by atoms with Crippen molar-refractivity contribution in [2.24, 2.45) is 0 Å². The third-order valence-corrected chi connectivity index (χ3v) is 4.43. The van der Waals surface area contributed by atoms with Crippen molar-refractivity contribution in [1.29, 1.82) is 0 Å². The molecule has 1 unspecified atom stereocenters. The summed E-state index contributed by atoms with van der Waals surface area (Å²) in [6.45, 7) is 1.38. The number of carbonyl (C=O) groups excluding carboxylic acids is 1. The van der Waals surface area contributed by atoms with Gasteiger partial charge in [-0.15, -0.1) is 0 Å². The number of methoxy groups -OCH3 is 1. The van der Waals surface area contributed by atoms with Crippen molar-refractivity contribution in [3.8, 4) is 11.5 Å². The average Bonchev–Trinajstić information content (AvgIpc) is 2.30. The van der Waals surface area contributed by atoms with Crippen molar-refractivity contribution >= 4 is 37.8 Å². The van der Waals surface area contributed by atoms with Gasteiger partial charge in [0, 0.05) is 17.1 Å². The highest BCUT2D eigenvalue weighted by molar-refractivity contribution is 9.12. The molecule has 0 heterocycles. The van der Waals surface area contributed by atoms with E-state index in [1.165, 1.54) is 6.92 Å². The van der Waals surface area contributed by atoms with Crippen LogP contribution in [0, 0.1) is 0 Å². The predicted molar refractivity (Wildman–Crippen MR) is 74.5 cm³/mol. The summed E-state index contributed by atoms with van der Waals surface area (Å²) >= 11 is 6.93. The number of esters is 1. The van der Waals surface area contributed by atoms with Crippen molar-refractivity contribution in [3.63, 3.8) is 0 Å². The van der Waals surface area contributed by atoms with E-state index >= 15 is 0 Å². The molecule has 1 aromatic carbocycles. The van der Waals surface area contributed by atoms with Gasteiger partial charge in [0.1, 0.15) is 0 Å². The number of ether oxygens (including phenoxy) is 2. The first-order chi connectivity index (χ1) is 8.08. The molecule has 0 aromatic heterocycles. The molecule has 94 valence electrons. The van der Waals surface area contributed by atoms with Crippen molar-refractivity contribution in [3.05, 3.63) is 23.8 Å². The number of hydrogen-bond acceptors (Lipinski definition) is 3. The van der Waals surface area contributed by atoms with Gasteiger partial charge in [0.25, 0.3) is 0 Å². The van der Waals surface area contributed by atoms with E-state index in [-0.39, 0.29) is 10.8 Å². The molecule has 1 rings (SSSR count). The standard InChI is InChI=1S/C12H14Br2O3/c1-8(15)17-12-9(6-10(14)7-13)4-3-5-11(12)16-2/h3-5,10H,6-7H2,1-2H3. The smallest absolute Gasteiger partial charge is 0.308 e. The Morgan fingerprint density at radius 3 is 2.71 bits per heavy atom. The summed E-state index contributed by atoms with van der Waals surface area (Å²) in [5, 5.41) is 0.823. The van der Waals surface area contributed by atoms with Crippen LogP contribution in [-0.4, -0.2) is 23.2 Å². The quantitative estimate of drug-likeness (QED) is 0.456. The second-order valence-corrected chi connectivity index (χ2v) is 5.44. The van der Waals surface area contributed by atoms with Gasteiger partial charge in [-0.05, 0) is 18.1 Å². The van der Waals surface area contributed by atoms with Crippen LogP contribution in [0.4, 0.5) is 0 Å². The molecule has 0 aliphatic heterocycles. The van der Waals surface area contributed by atoms with Gasteiger partial charge in [0.2, 0.25) is 0 Å². The highest BCUT2D eigenvalue weighted by Gasteiger charge is 2.15. The normalized spacial score (nSPS) is 12.0. The van der Waals surface area contributed by atoms with Crippen LogP contribution in [0.25, 0.3) is 0 Å². The van der Waals surface area contributed by atoms with Crippen LogP contribution < -0.4 is 9.47 Å². The molecule has 0 aliphatic rings. The first kappa shape index (κ1) is 14.5. The molecule has 0 spiro atoms. The Bertz CT molecular complexity index is 393. The largest absolute Gasteiger partial charge is 0.493 e. The number of para-hydroxylation sites is 1. The zero-order valence-corrected chi connectivity index (χ0v) is 12.9. The number of benzene rings is 1. The summed E-state index contributed by atoms with van der Waals surface area (Å²) < 4.78 is 10.4. The predicted octanol–water partition coefficient (Wildman–Crippen LogP) is 3.32. The molecule has 0 amide bonds. The first-order valence-corrected chi connectivity index (χ1v) is 7.16. The van der Waals surface area contributed by atoms with Crippen LogP contribution in [0.15, 0.2) is 18.2 Å². The van der Waals surface area contributed by atoms with Gasteiger partial charge in [-0.25, -0.2) is 0 Å². The minimum absolute atomic E-state index is 0.281. The van der Waals surface area contributed by atoms with E-state index in [0.717, 1.165) is 17.3 Å². The lowest BCUT2D eigenvalue weighted by Gasteiger charge is -2.14. The van der Waals surface area contributed by atoms with E-state index in [9.17, 15) is 4.79 Å². The van der Waals surface area contributed by atoms with E-state index < -0.39 is 0 Å². The van der Waals surface area contributed by atoms with E-state index in [0.29, 0.717) is 11.5 Å². The van der Waals surface area contributed by atoms with E-state index in [4.69, 9.17) is 9.47 Å². The van der Waals surface area contributed by atoms with Gasteiger partial charge in [0.05, 0.1) is 7.11 Å². The number of halogens is 2. The monoisotopic (exact) mass is 364 g/mol. The molecule has 5 heteroatoms. The van der Waals surface area contributed by atoms with Crippen molar-refractivity contribution in [2.75, 3.05) is 12.4 Å². The minimum atomic E-state index is -0.347. The molecule has 0 aliphatic carbocycles. The van der Waals surface area contributed by atoms with Crippen LogP contribution in [0.2, 0.25) is 0 Å². The third-order valence-electron chi connectivity index (χ3n) is 2.13. The fourth-order valence-corrected chi connectivity index (χ4v) is 2.01. The van der Waals surface area contributed by atoms with Gasteiger partial charge < -0.3 is 9.47 Å². The Morgan fingerprint density at radius 2 is 2.18 bits per heavy atom. The summed E-state index contributed by atoms with van der Waals surface area (Å²) in [4.78, 5) is 11.4. The second kappa shape index (κ2) is 7.01. The molecule has 3 nitrogen and oxygen atoms in total. The summed E-state index contributed by atoms with van der Waals surface area (Å²) in [5.41, 5.74) is 0.945. The zero-order chi connectivity index (χ0) is 12.8. The molecule has 0 bridgehead atoms. The number of hydrogen-bond donors (Lipinski definition) is 0. The highest BCUT2D eigenvalue weighted by Crippen LogP contribution is 2.33. The maximum absolute atomic E-state index is 11.1. The number of alkyl halides is 2. The Kier molecular flexibility index (Phi) is 5.98.